The fraction of sp³-hybridized carbons (Fsp3) is 0.222. The first-order valence-electron chi connectivity index (χ1n) is 3.88. The van der Waals surface area contributed by atoms with E-state index in [1.165, 1.54) is 12.1 Å². The smallest absolute Gasteiger partial charge is 0.149 e. The first kappa shape index (κ1) is 7.87. The van der Waals surface area contributed by atoms with Gasteiger partial charge in [0.1, 0.15) is 24.2 Å². The normalized spacial score (nSPS) is 19.2. The molecule has 0 amide bonds. The molecule has 1 heterocycles. The van der Waals surface area contributed by atoms with E-state index in [1.54, 1.807) is 6.07 Å². The lowest BCUT2D eigenvalue weighted by Gasteiger charge is -2.22. The monoisotopic (exact) mass is 178 g/mol. The zero-order valence-corrected chi connectivity index (χ0v) is 6.75. The summed E-state index contributed by atoms with van der Waals surface area (Å²) in [5, 5.41) is 11.5. The van der Waals surface area contributed by atoms with Crippen molar-refractivity contribution >= 4 is 5.69 Å². The Labute approximate surface area is 74.7 Å². The van der Waals surface area contributed by atoms with Crippen molar-refractivity contribution < 1.29 is 9.13 Å². The molecule has 1 aliphatic rings. The molecule has 1 aliphatic heterocycles. The van der Waals surface area contributed by atoms with Crippen LogP contribution in [0.15, 0.2) is 18.2 Å². The number of nitrogens with one attached hydrogen (secondary N) is 1. The fourth-order valence-corrected chi connectivity index (χ4v) is 1.21. The Hall–Kier alpha value is -1.76. The average molecular weight is 178 g/mol. The van der Waals surface area contributed by atoms with Crippen molar-refractivity contribution in [2.75, 3.05) is 11.9 Å². The maximum atomic E-state index is 12.7. The molecule has 1 atom stereocenters. The zero-order chi connectivity index (χ0) is 9.26. The molecule has 2 rings (SSSR count). The molecule has 3 nitrogen and oxygen atoms in total. The second-order valence-electron chi connectivity index (χ2n) is 2.78. The molecular weight excluding hydrogens is 171 g/mol. The first-order valence-corrected chi connectivity index (χ1v) is 3.88. The fourth-order valence-electron chi connectivity index (χ4n) is 1.21. The maximum absolute atomic E-state index is 12.7. The van der Waals surface area contributed by atoms with Gasteiger partial charge in [-0.05, 0) is 12.1 Å². The lowest BCUT2D eigenvalue weighted by atomic mass is 10.2. The number of ether oxygens (including phenoxy) is 1. The molecule has 13 heavy (non-hydrogen) atoms. The molecule has 4 heteroatoms. The van der Waals surface area contributed by atoms with Crippen LogP contribution in [0.25, 0.3) is 0 Å². The maximum Gasteiger partial charge on any atom is 0.149 e. The lowest BCUT2D eigenvalue weighted by molar-refractivity contribution is 0.303. The lowest BCUT2D eigenvalue weighted by Crippen LogP contribution is -2.29. The molecule has 0 spiro atoms. The highest BCUT2D eigenvalue weighted by molar-refractivity contribution is 5.59. The van der Waals surface area contributed by atoms with Gasteiger partial charge in [-0.1, -0.05) is 0 Å². The summed E-state index contributed by atoms with van der Waals surface area (Å²) < 4.78 is 18.0. The number of hydrogen-bond donors (Lipinski definition) is 1. The molecular formula is C9H7FN2O. The van der Waals surface area contributed by atoms with Gasteiger partial charge in [0.05, 0.1) is 11.8 Å². The number of benzene rings is 1. The molecule has 1 aromatic rings. The van der Waals surface area contributed by atoms with Gasteiger partial charge in [-0.3, -0.25) is 0 Å². The molecule has 0 aliphatic carbocycles. The Morgan fingerprint density at radius 1 is 1.62 bits per heavy atom. The predicted octanol–water partition coefficient (Wildman–Crippen LogP) is 1.52. The Bertz CT molecular complexity index is 372. The van der Waals surface area contributed by atoms with Gasteiger partial charge in [0.15, 0.2) is 0 Å². The highest BCUT2D eigenvalue weighted by Gasteiger charge is 2.18. The Balaban J connectivity index is 2.34. The minimum Gasteiger partial charge on any atom is -0.488 e. The molecule has 1 N–H and O–H groups in total. The highest BCUT2D eigenvalue weighted by atomic mass is 19.1. The Morgan fingerprint density at radius 2 is 2.46 bits per heavy atom. The Morgan fingerprint density at radius 3 is 3.23 bits per heavy atom. The number of nitrogens with zero attached hydrogens (tertiary/aromatic N) is 1. The van der Waals surface area contributed by atoms with Gasteiger partial charge in [-0.2, -0.15) is 5.26 Å². The molecule has 1 aromatic carbocycles. The van der Waals surface area contributed by atoms with E-state index in [-0.39, 0.29) is 5.82 Å². The van der Waals surface area contributed by atoms with Crippen molar-refractivity contribution in [3.63, 3.8) is 0 Å². The van der Waals surface area contributed by atoms with Crippen molar-refractivity contribution in [3.8, 4) is 11.8 Å². The topological polar surface area (TPSA) is 45.0 Å². The van der Waals surface area contributed by atoms with Crippen LogP contribution in [-0.2, 0) is 0 Å². The minimum atomic E-state index is -0.394. The van der Waals surface area contributed by atoms with E-state index in [2.05, 4.69) is 5.32 Å². The summed E-state index contributed by atoms with van der Waals surface area (Å²) in [4.78, 5) is 0. The SMILES string of the molecule is N#CC1COc2ccc(F)cc2N1. The summed E-state index contributed by atoms with van der Waals surface area (Å²) in [6.45, 7) is 0.301. The number of halogens is 1. The van der Waals surface area contributed by atoms with Crippen LogP contribution in [0.4, 0.5) is 10.1 Å². The number of nitriles is 1. The van der Waals surface area contributed by atoms with Crippen LogP contribution in [0.2, 0.25) is 0 Å². The average Bonchev–Trinajstić information content (AvgIpc) is 2.16. The first-order chi connectivity index (χ1) is 6.29. The van der Waals surface area contributed by atoms with E-state index in [0.717, 1.165) is 0 Å². The van der Waals surface area contributed by atoms with Crippen LogP contribution < -0.4 is 10.1 Å². The van der Waals surface area contributed by atoms with Crippen molar-refractivity contribution in [1.82, 2.24) is 0 Å². The second-order valence-corrected chi connectivity index (χ2v) is 2.78. The molecule has 66 valence electrons. The third kappa shape index (κ3) is 1.41. The van der Waals surface area contributed by atoms with E-state index < -0.39 is 6.04 Å². The predicted molar refractivity (Wildman–Crippen MR) is 44.9 cm³/mol. The number of hydrogen-bond acceptors (Lipinski definition) is 3. The van der Waals surface area contributed by atoms with Crippen LogP contribution in [-0.4, -0.2) is 12.6 Å². The number of anilines is 1. The quantitative estimate of drug-likeness (QED) is 0.655. The van der Waals surface area contributed by atoms with Crippen molar-refractivity contribution in [2.45, 2.75) is 6.04 Å². The highest BCUT2D eigenvalue weighted by Crippen LogP contribution is 2.28. The van der Waals surface area contributed by atoms with Crippen LogP contribution in [0.1, 0.15) is 0 Å². The largest absolute Gasteiger partial charge is 0.488 e. The molecule has 0 fully saturated rings. The van der Waals surface area contributed by atoms with E-state index in [1.807, 2.05) is 6.07 Å². The van der Waals surface area contributed by atoms with Crippen LogP contribution in [0, 0.1) is 17.1 Å². The summed E-state index contributed by atoms with van der Waals surface area (Å²) >= 11 is 0. The number of rotatable bonds is 0. The van der Waals surface area contributed by atoms with Crippen LogP contribution in [0.3, 0.4) is 0 Å². The van der Waals surface area contributed by atoms with Crippen molar-refractivity contribution in [1.29, 1.82) is 5.26 Å². The van der Waals surface area contributed by atoms with Gasteiger partial charge in [0.25, 0.3) is 0 Å². The minimum absolute atomic E-state index is 0.301. The van der Waals surface area contributed by atoms with E-state index in [0.29, 0.717) is 18.0 Å². The summed E-state index contributed by atoms with van der Waals surface area (Å²) in [6, 6.07) is 5.80. The molecule has 0 radical (unpaired) electrons. The van der Waals surface area contributed by atoms with E-state index in [4.69, 9.17) is 10.00 Å². The summed E-state index contributed by atoms with van der Waals surface area (Å²) in [5.74, 6) is 0.251. The van der Waals surface area contributed by atoms with E-state index in [9.17, 15) is 4.39 Å². The van der Waals surface area contributed by atoms with Gasteiger partial charge < -0.3 is 10.1 Å². The molecule has 1 unspecified atom stereocenters. The number of fused-ring (bicyclic) bond motifs is 1. The second kappa shape index (κ2) is 2.94. The third-order valence-electron chi connectivity index (χ3n) is 1.83. The summed E-state index contributed by atoms with van der Waals surface area (Å²) in [5.41, 5.74) is 0.540. The standard InChI is InChI=1S/C9H7FN2O/c10-6-1-2-9-8(3-6)12-7(4-11)5-13-9/h1-3,7,12H,5H2. The molecule has 0 bridgehead atoms. The summed E-state index contributed by atoms with van der Waals surface area (Å²) in [7, 11) is 0. The Kier molecular flexibility index (Phi) is 1.78. The molecule has 0 saturated heterocycles. The van der Waals surface area contributed by atoms with Gasteiger partial charge in [0, 0.05) is 6.07 Å². The zero-order valence-electron chi connectivity index (χ0n) is 6.75. The molecule has 0 saturated carbocycles. The van der Waals surface area contributed by atoms with Crippen molar-refractivity contribution in [3.05, 3.63) is 24.0 Å². The van der Waals surface area contributed by atoms with Crippen LogP contribution >= 0.6 is 0 Å². The van der Waals surface area contributed by atoms with Gasteiger partial charge in [-0.15, -0.1) is 0 Å². The van der Waals surface area contributed by atoms with Crippen LogP contribution in [0.5, 0.6) is 5.75 Å². The van der Waals surface area contributed by atoms with Gasteiger partial charge in [-0.25, -0.2) is 4.39 Å². The van der Waals surface area contributed by atoms with E-state index >= 15 is 0 Å². The summed E-state index contributed by atoms with van der Waals surface area (Å²) in [6.07, 6.45) is 0. The third-order valence-corrected chi connectivity index (χ3v) is 1.83. The van der Waals surface area contributed by atoms with Gasteiger partial charge >= 0.3 is 0 Å². The molecule has 0 aromatic heterocycles. The van der Waals surface area contributed by atoms with Crippen molar-refractivity contribution in [2.24, 2.45) is 0 Å². The van der Waals surface area contributed by atoms with Gasteiger partial charge in [0.2, 0.25) is 0 Å².